The van der Waals surface area contributed by atoms with E-state index in [4.69, 9.17) is 9.47 Å². The fourth-order valence-electron chi connectivity index (χ4n) is 3.14. The largest absolute Gasteiger partial charge is 0.455 e. The van der Waals surface area contributed by atoms with Crippen LogP contribution in [0.1, 0.15) is 43.0 Å². The summed E-state index contributed by atoms with van der Waals surface area (Å²) in [6, 6.07) is 10.4. The van der Waals surface area contributed by atoms with Gasteiger partial charge >= 0.3 is 5.97 Å². The highest BCUT2D eigenvalue weighted by Crippen LogP contribution is 2.25. The Bertz CT molecular complexity index is 771. The molecule has 6 nitrogen and oxygen atoms in total. The second kappa shape index (κ2) is 9.16. The maximum Gasteiger partial charge on any atom is 0.342 e. The van der Waals surface area contributed by atoms with E-state index < -0.39 is 5.97 Å². The van der Waals surface area contributed by atoms with E-state index in [1.807, 2.05) is 0 Å². The third-order valence-corrected chi connectivity index (χ3v) is 4.68. The van der Waals surface area contributed by atoms with Crippen LogP contribution in [0.3, 0.4) is 0 Å². The lowest BCUT2D eigenvalue weighted by Gasteiger charge is -2.26. The fourth-order valence-corrected chi connectivity index (χ4v) is 3.14. The van der Waals surface area contributed by atoms with Crippen LogP contribution in [0.25, 0.3) is 0 Å². The normalized spacial score (nSPS) is 19.1. The molecule has 1 fully saturated rings. The molecule has 0 saturated heterocycles. The van der Waals surface area contributed by atoms with Gasteiger partial charge < -0.3 is 14.8 Å². The average Bonchev–Trinajstić information content (AvgIpc) is 2.69. The van der Waals surface area contributed by atoms with E-state index in [-0.39, 0.29) is 24.1 Å². The highest BCUT2D eigenvalue weighted by molar-refractivity contribution is 5.94. The van der Waals surface area contributed by atoms with Gasteiger partial charge in [0, 0.05) is 12.2 Å². The van der Waals surface area contributed by atoms with Gasteiger partial charge in [0.05, 0.1) is 6.20 Å². The number of aromatic nitrogens is 1. The smallest absolute Gasteiger partial charge is 0.342 e. The SMILES string of the molecule is CC1CCC(NC(=O)COC(=O)c2ccccc2Oc2cccnc2)CC1. The molecule has 1 aliphatic carbocycles. The van der Waals surface area contributed by atoms with E-state index >= 15 is 0 Å². The van der Waals surface area contributed by atoms with Crippen LogP contribution < -0.4 is 10.1 Å². The first-order chi connectivity index (χ1) is 13.1. The topological polar surface area (TPSA) is 77.5 Å². The van der Waals surface area contributed by atoms with Crippen molar-refractivity contribution in [2.45, 2.75) is 38.6 Å². The van der Waals surface area contributed by atoms with Crippen molar-refractivity contribution in [3.05, 3.63) is 54.4 Å². The Hall–Kier alpha value is -2.89. The molecule has 27 heavy (non-hydrogen) atoms. The number of hydrogen-bond acceptors (Lipinski definition) is 5. The van der Waals surface area contributed by atoms with Gasteiger partial charge in [0.2, 0.25) is 0 Å². The van der Waals surface area contributed by atoms with Gasteiger partial charge in [0.1, 0.15) is 17.1 Å². The third kappa shape index (κ3) is 5.54. The zero-order chi connectivity index (χ0) is 19.1. The molecule has 0 unspecified atom stereocenters. The Morgan fingerprint density at radius 3 is 2.63 bits per heavy atom. The van der Waals surface area contributed by atoms with Gasteiger partial charge in [-0.2, -0.15) is 0 Å². The number of amides is 1. The van der Waals surface area contributed by atoms with Crippen LogP contribution in [0.5, 0.6) is 11.5 Å². The van der Waals surface area contributed by atoms with Crippen molar-refractivity contribution in [3.8, 4) is 11.5 Å². The van der Waals surface area contributed by atoms with Crippen molar-refractivity contribution >= 4 is 11.9 Å². The predicted octanol–water partition coefficient (Wildman–Crippen LogP) is 3.73. The zero-order valence-electron chi connectivity index (χ0n) is 15.4. The van der Waals surface area contributed by atoms with Gasteiger partial charge in [-0.3, -0.25) is 9.78 Å². The number of ether oxygens (including phenoxy) is 2. The molecule has 142 valence electrons. The first-order valence-electron chi connectivity index (χ1n) is 9.25. The molecule has 1 aliphatic rings. The van der Waals surface area contributed by atoms with Crippen LogP contribution in [0, 0.1) is 5.92 Å². The van der Waals surface area contributed by atoms with Crippen LogP contribution in [0.15, 0.2) is 48.8 Å². The molecule has 0 radical (unpaired) electrons. The molecule has 0 spiro atoms. The second-order valence-corrected chi connectivity index (χ2v) is 6.89. The number of rotatable bonds is 6. The molecule has 6 heteroatoms. The minimum atomic E-state index is -0.595. The second-order valence-electron chi connectivity index (χ2n) is 6.89. The summed E-state index contributed by atoms with van der Waals surface area (Å²) in [6.45, 7) is 1.93. The summed E-state index contributed by atoms with van der Waals surface area (Å²) >= 11 is 0. The fraction of sp³-hybridized carbons (Fsp3) is 0.381. The lowest BCUT2D eigenvalue weighted by Crippen LogP contribution is -2.39. The molecule has 1 N–H and O–H groups in total. The highest BCUT2D eigenvalue weighted by atomic mass is 16.5. The number of pyridine rings is 1. The van der Waals surface area contributed by atoms with Gasteiger partial charge in [-0.15, -0.1) is 0 Å². The van der Waals surface area contributed by atoms with E-state index in [0.717, 1.165) is 25.7 Å². The first kappa shape index (κ1) is 18.9. The van der Waals surface area contributed by atoms with Gasteiger partial charge in [0.15, 0.2) is 6.61 Å². The molecule has 0 bridgehead atoms. The summed E-state index contributed by atoms with van der Waals surface area (Å²) in [5, 5.41) is 2.95. The van der Waals surface area contributed by atoms with Gasteiger partial charge in [-0.1, -0.05) is 19.1 Å². The number of carbonyl (C=O) groups is 2. The Balaban J connectivity index is 1.54. The summed E-state index contributed by atoms with van der Waals surface area (Å²) in [4.78, 5) is 28.5. The number of para-hydroxylation sites is 1. The zero-order valence-corrected chi connectivity index (χ0v) is 15.4. The van der Waals surface area contributed by atoms with Crippen LogP contribution in [0.2, 0.25) is 0 Å². The minimum absolute atomic E-state index is 0.175. The molecule has 1 heterocycles. The average molecular weight is 368 g/mol. The van der Waals surface area contributed by atoms with E-state index in [1.165, 1.54) is 0 Å². The van der Waals surface area contributed by atoms with Crippen molar-refractivity contribution < 1.29 is 19.1 Å². The first-order valence-corrected chi connectivity index (χ1v) is 9.25. The molecule has 1 amide bonds. The monoisotopic (exact) mass is 368 g/mol. The van der Waals surface area contributed by atoms with E-state index in [0.29, 0.717) is 17.4 Å². The quantitative estimate of drug-likeness (QED) is 0.786. The third-order valence-electron chi connectivity index (χ3n) is 4.68. The number of nitrogens with one attached hydrogen (secondary N) is 1. The van der Waals surface area contributed by atoms with Gasteiger partial charge in [-0.25, -0.2) is 4.79 Å². The van der Waals surface area contributed by atoms with Crippen molar-refractivity contribution in [2.24, 2.45) is 5.92 Å². The highest BCUT2D eigenvalue weighted by Gasteiger charge is 2.21. The van der Waals surface area contributed by atoms with Crippen LogP contribution in [0.4, 0.5) is 0 Å². The lowest BCUT2D eigenvalue weighted by molar-refractivity contribution is -0.125. The Morgan fingerprint density at radius 1 is 1.11 bits per heavy atom. The maximum absolute atomic E-state index is 12.4. The van der Waals surface area contributed by atoms with Crippen molar-refractivity contribution in [1.82, 2.24) is 10.3 Å². The molecule has 0 atom stereocenters. The van der Waals surface area contributed by atoms with Gasteiger partial charge in [0.25, 0.3) is 5.91 Å². The Morgan fingerprint density at radius 2 is 1.89 bits per heavy atom. The standard InChI is InChI=1S/C21H24N2O4/c1-15-8-10-16(11-9-15)23-20(24)14-26-21(25)18-6-2-3-7-19(18)27-17-5-4-12-22-13-17/h2-7,12-13,15-16H,8-11,14H2,1H3,(H,23,24). The molecular weight excluding hydrogens is 344 g/mol. The molecule has 1 aromatic heterocycles. The lowest BCUT2D eigenvalue weighted by atomic mass is 9.87. The summed E-state index contributed by atoms with van der Waals surface area (Å²) < 4.78 is 10.9. The van der Waals surface area contributed by atoms with Crippen LogP contribution >= 0.6 is 0 Å². The van der Waals surface area contributed by atoms with Crippen LogP contribution in [-0.2, 0) is 9.53 Å². The number of hydrogen-bond donors (Lipinski definition) is 1. The molecule has 1 aromatic carbocycles. The van der Waals surface area contributed by atoms with E-state index in [2.05, 4.69) is 17.2 Å². The molecule has 0 aliphatic heterocycles. The molecular formula is C21H24N2O4. The number of esters is 1. The van der Waals surface area contributed by atoms with Crippen molar-refractivity contribution in [2.75, 3.05) is 6.61 Å². The van der Waals surface area contributed by atoms with Crippen molar-refractivity contribution in [1.29, 1.82) is 0 Å². The maximum atomic E-state index is 12.4. The van der Waals surface area contributed by atoms with Crippen molar-refractivity contribution in [3.63, 3.8) is 0 Å². The summed E-state index contributed by atoms with van der Waals surface area (Å²) in [7, 11) is 0. The van der Waals surface area contributed by atoms with Crippen LogP contribution in [-0.4, -0.2) is 29.5 Å². The molecule has 1 saturated carbocycles. The number of benzene rings is 1. The minimum Gasteiger partial charge on any atom is -0.455 e. The molecule has 2 aromatic rings. The molecule has 3 rings (SSSR count). The summed E-state index contributed by atoms with van der Waals surface area (Å²) in [6.07, 6.45) is 7.37. The van der Waals surface area contributed by atoms with E-state index in [1.54, 1.807) is 48.8 Å². The summed E-state index contributed by atoms with van der Waals surface area (Å²) in [5.74, 6) is 0.724. The summed E-state index contributed by atoms with van der Waals surface area (Å²) in [5.41, 5.74) is 0.264. The van der Waals surface area contributed by atoms with E-state index in [9.17, 15) is 9.59 Å². The number of nitrogens with zero attached hydrogens (tertiary/aromatic N) is 1. The predicted molar refractivity (Wildman–Crippen MR) is 101 cm³/mol. The van der Waals surface area contributed by atoms with Gasteiger partial charge in [-0.05, 0) is 55.9 Å². The Labute approximate surface area is 158 Å². The number of carbonyl (C=O) groups excluding carboxylic acids is 2. The Kier molecular flexibility index (Phi) is 6.41.